The second-order valence-electron chi connectivity index (χ2n) is 6.92. The fourth-order valence-electron chi connectivity index (χ4n) is 3.39. The molecule has 2 saturated carbocycles. The first kappa shape index (κ1) is 15.4. The van der Waals surface area contributed by atoms with Gasteiger partial charge in [0.15, 0.2) is 0 Å². The van der Waals surface area contributed by atoms with Crippen LogP contribution in [0.5, 0.6) is 5.88 Å². The van der Waals surface area contributed by atoms with Crippen LogP contribution in [-0.2, 0) is 0 Å². The van der Waals surface area contributed by atoms with Gasteiger partial charge in [-0.3, -0.25) is 9.69 Å². The number of nitrogens with zero attached hydrogens (tertiary/aromatic N) is 4. The lowest BCUT2D eigenvalue weighted by atomic mass is 9.96. The summed E-state index contributed by atoms with van der Waals surface area (Å²) in [6, 6.07) is 6.18. The summed E-state index contributed by atoms with van der Waals surface area (Å²) in [6.45, 7) is 1.94. The number of amides is 1. The van der Waals surface area contributed by atoms with Gasteiger partial charge < -0.3 is 9.64 Å². The van der Waals surface area contributed by atoms with E-state index < -0.39 is 0 Å². The molecule has 4 rings (SSSR count). The summed E-state index contributed by atoms with van der Waals surface area (Å²) >= 11 is 0. The predicted octanol–water partition coefficient (Wildman–Crippen LogP) is 1.83. The number of hydrogen-bond acceptors (Lipinski definition) is 5. The molecule has 1 aromatic heterocycles. The molecule has 1 aliphatic heterocycles. The Labute approximate surface area is 142 Å². The molecular formula is C18H22N4O2. The Morgan fingerprint density at radius 2 is 2.12 bits per heavy atom. The van der Waals surface area contributed by atoms with Gasteiger partial charge in [0.2, 0.25) is 5.88 Å². The molecule has 1 aromatic rings. The molecule has 0 bridgehead atoms. The second kappa shape index (κ2) is 6.40. The molecule has 126 valence electrons. The van der Waals surface area contributed by atoms with Crippen LogP contribution in [0.25, 0.3) is 0 Å². The Bertz CT molecular complexity index is 663. The largest absolute Gasteiger partial charge is 0.474 e. The Kier molecular flexibility index (Phi) is 4.11. The van der Waals surface area contributed by atoms with Crippen LogP contribution in [0.2, 0.25) is 0 Å². The maximum Gasteiger partial charge on any atom is 0.254 e. The van der Waals surface area contributed by atoms with E-state index in [1.54, 1.807) is 23.2 Å². The molecule has 6 nitrogen and oxygen atoms in total. The van der Waals surface area contributed by atoms with Crippen molar-refractivity contribution in [3.8, 4) is 11.9 Å². The number of piperazine rings is 1. The van der Waals surface area contributed by atoms with Gasteiger partial charge in [0.1, 0.15) is 12.1 Å². The minimum absolute atomic E-state index is 0.0356. The van der Waals surface area contributed by atoms with Crippen molar-refractivity contribution in [2.24, 2.45) is 0 Å². The summed E-state index contributed by atoms with van der Waals surface area (Å²) in [5.41, 5.74) is 0.593. The van der Waals surface area contributed by atoms with Crippen LogP contribution >= 0.6 is 0 Å². The van der Waals surface area contributed by atoms with Crippen molar-refractivity contribution in [2.45, 2.75) is 50.3 Å². The van der Waals surface area contributed by atoms with E-state index in [2.05, 4.69) is 16.0 Å². The highest BCUT2D eigenvalue weighted by atomic mass is 16.5. The van der Waals surface area contributed by atoms with Crippen LogP contribution in [-0.4, -0.2) is 58.5 Å². The smallest absolute Gasteiger partial charge is 0.254 e. The molecule has 3 fully saturated rings. The van der Waals surface area contributed by atoms with Crippen LogP contribution in [0.3, 0.4) is 0 Å². The van der Waals surface area contributed by atoms with Crippen LogP contribution in [0.1, 0.15) is 42.5 Å². The Hall–Kier alpha value is -2.13. The lowest BCUT2D eigenvalue weighted by molar-refractivity contribution is 0.0549. The SMILES string of the molecule is N#CC1CN(C(=O)c2ccnc(OC3CCC3)c2)CCN1C1CC1. The summed E-state index contributed by atoms with van der Waals surface area (Å²) in [7, 11) is 0. The number of hydrogen-bond donors (Lipinski definition) is 0. The van der Waals surface area contributed by atoms with Crippen LogP contribution in [0.4, 0.5) is 0 Å². The van der Waals surface area contributed by atoms with Crippen LogP contribution < -0.4 is 4.74 Å². The number of carbonyl (C=O) groups is 1. The summed E-state index contributed by atoms with van der Waals surface area (Å²) < 4.78 is 5.79. The zero-order chi connectivity index (χ0) is 16.5. The predicted molar refractivity (Wildman–Crippen MR) is 87.5 cm³/mol. The molecule has 1 amide bonds. The highest BCUT2D eigenvalue weighted by Crippen LogP contribution is 2.30. The number of pyridine rings is 1. The van der Waals surface area contributed by atoms with Gasteiger partial charge in [-0.15, -0.1) is 0 Å². The summed E-state index contributed by atoms with van der Waals surface area (Å²) in [5, 5.41) is 9.43. The van der Waals surface area contributed by atoms with Gasteiger partial charge in [0, 0.05) is 43.5 Å². The quantitative estimate of drug-likeness (QED) is 0.844. The van der Waals surface area contributed by atoms with E-state index in [1.165, 1.54) is 19.3 Å². The number of aromatic nitrogens is 1. The molecule has 2 heterocycles. The van der Waals surface area contributed by atoms with Crippen molar-refractivity contribution in [2.75, 3.05) is 19.6 Å². The van der Waals surface area contributed by atoms with Crippen LogP contribution in [0, 0.1) is 11.3 Å². The van der Waals surface area contributed by atoms with E-state index in [0.29, 0.717) is 30.6 Å². The van der Waals surface area contributed by atoms with Gasteiger partial charge in [0.25, 0.3) is 5.91 Å². The molecule has 24 heavy (non-hydrogen) atoms. The van der Waals surface area contributed by atoms with Gasteiger partial charge in [-0.25, -0.2) is 4.98 Å². The summed E-state index contributed by atoms with van der Waals surface area (Å²) in [5.74, 6) is 0.491. The van der Waals surface area contributed by atoms with Gasteiger partial charge in [0.05, 0.1) is 6.07 Å². The van der Waals surface area contributed by atoms with E-state index in [4.69, 9.17) is 4.74 Å². The highest BCUT2D eigenvalue weighted by molar-refractivity contribution is 5.94. The van der Waals surface area contributed by atoms with Crippen molar-refractivity contribution in [3.63, 3.8) is 0 Å². The van der Waals surface area contributed by atoms with E-state index in [-0.39, 0.29) is 18.1 Å². The minimum Gasteiger partial charge on any atom is -0.474 e. The zero-order valence-electron chi connectivity index (χ0n) is 13.7. The molecule has 6 heteroatoms. The molecule has 0 N–H and O–H groups in total. The Morgan fingerprint density at radius 3 is 2.79 bits per heavy atom. The van der Waals surface area contributed by atoms with Crippen molar-refractivity contribution in [1.82, 2.24) is 14.8 Å². The Morgan fingerprint density at radius 1 is 1.29 bits per heavy atom. The molecule has 3 aliphatic rings. The molecular weight excluding hydrogens is 304 g/mol. The number of rotatable bonds is 4. The topological polar surface area (TPSA) is 69.5 Å². The van der Waals surface area contributed by atoms with Gasteiger partial charge >= 0.3 is 0 Å². The number of ether oxygens (including phenoxy) is 1. The monoisotopic (exact) mass is 326 g/mol. The maximum atomic E-state index is 12.8. The first-order valence-corrected chi connectivity index (χ1v) is 8.82. The highest BCUT2D eigenvalue weighted by Gasteiger charge is 2.38. The number of carbonyl (C=O) groups excluding carboxylic acids is 1. The molecule has 1 saturated heterocycles. The van der Waals surface area contributed by atoms with E-state index in [9.17, 15) is 10.1 Å². The van der Waals surface area contributed by atoms with Gasteiger partial charge in [-0.05, 0) is 38.2 Å². The molecule has 1 atom stereocenters. The Balaban J connectivity index is 1.43. The van der Waals surface area contributed by atoms with Crippen molar-refractivity contribution in [1.29, 1.82) is 5.26 Å². The van der Waals surface area contributed by atoms with Gasteiger partial charge in [-0.1, -0.05) is 0 Å². The van der Waals surface area contributed by atoms with Gasteiger partial charge in [-0.2, -0.15) is 5.26 Å². The third-order valence-electron chi connectivity index (χ3n) is 5.20. The lowest BCUT2D eigenvalue weighted by Gasteiger charge is -2.38. The fourth-order valence-corrected chi connectivity index (χ4v) is 3.39. The van der Waals surface area contributed by atoms with E-state index in [0.717, 1.165) is 19.4 Å². The summed E-state index contributed by atoms with van der Waals surface area (Å²) in [6.07, 6.45) is 7.55. The molecule has 1 unspecified atom stereocenters. The zero-order valence-corrected chi connectivity index (χ0v) is 13.7. The molecule has 0 radical (unpaired) electrons. The standard InChI is InChI=1S/C18H22N4O2/c19-11-15-12-21(8-9-22(15)14-4-5-14)18(23)13-6-7-20-17(10-13)24-16-2-1-3-16/h6-7,10,14-16H,1-5,8-9,12H2. The first-order valence-electron chi connectivity index (χ1n) is 8.82. The molecule has 0 spiro atoms. The van der Waals surface area contributed by atoms with E-state index >= 15 is 0 Å². The van der Waals surface area contributed by atoms with Crippen LogP contribution in [0.15, 0.2) is 18.3 Å². The maximum absolute atomic E-state index is 12.8. The fraction of sp³-hybridized carbons (Fsp3) is 0.611. The summed E-state index contributed by atoms with van der Waals surface area (Å²) in [4.78, 5) is 21.0. The van der Waals surface area contributed by atoms with Crippen molar-refractivity contribution >= 4 is 5.91 Å². The number of nitriles is 1. The van der Waals surface area contributed by atoms with Crippen molar-refractivity contribution in [3.05, 3.63) is 23.9 Å². The molecule has 0 aromatic carbocycles. The third-order valence-corrected chi connectivity index (χ3v) is 5.20. The first-order chi connectivity index (χ1) is 11.7. The second-order valence-corrected chi connectivity index (χ2v) is 6.92. The van der Waals surface area contributed by atoms with Crippen molar-refractivity contribution < 1.29 is 9.53 Å². The average Bonchev–Trinajstić information content (AvgIpc) is 3.42. The lowest BCUT2D eigenvalue weighted by Crippen LogP contribution is -2.54. The normalized spacial score (nSPS) is 25.0. The van der Waals surface area contributed by atoms with E-state index in [1.807, 2.05) is 0 Å². The third kappa shape index (κ3) is 3.09. The molecule has 2 aliphatic carbocycles. The minimum atomic E-state index is -0.192. The average molecular weight is 326 g/mol.